The minimum atomic E-state index is -0.468. The van der Waals surface area contributed by atoms with Crippen molar-refractivity contribution in [3.8, 4) is 5.75 Å². The highest BCUT2D eigenvalue weighted by molar-refractivity contribution is 7.11. The summed E-state index contributed by atoms with van der Waals surface area (Å²) in [6.45, 7) is 5.67. The second kappa shape index (κ2) is 10.2. The maximum Gasteiger partial charge on any atom is 0.265 e. The molecule has 2 aromatic rings. The van der Waals surface area contributed by atoms with E-state index in [1.54, 1.807) is 17.6 Å². The number of aryl methyl sites for hydroxylation is 1. The van der Waals surface area contributed by atoms with Crippen LogP contribution in [-0.4, -0.2) is 72.6 Å². The SMILES string of the molecule is Cc1ncsc1C(=O)N1CCC[C@](COc2cccc(Cl)c2)(CC(=O)N2CCOCC2)C1. The second-order valence-corrected chi connectivity index (χ2v) is 9.80. The molecule has 1 aromatic carbocycles. The maximum absolute atomic E-state index is 13.2. The molecule has 1 aromatic heterocycles. The van der Waals surface area contributed by atoms with Gasteiger partial charge < -0.3 is 19.3 Å². The van der Waals surface area contributed by atoms with Crippen LogP contribution >= 0.6 is 22.9 Å². The monoisotopic (exact) mass is 477 g/mol. The van der Waals surface area contributed by atoms with Crippen molar-refractivity contribution < 1.29 is 19.1 Å². The Hall–Kier alpha value is -2.16. The Morgan fingerprint density at radius 2 is 2.06 bits per heavy atom. The number of rotatable bonds is 6. The number of hydrogen-bond donors (Lipinski definition) is 0. The van der Waals surface area contributed by atoms with Crippen molar-refractivity contribution in [2.75, 3.05) is 46.0 Å². The molecule has 172 valence electrons. The number of hydrogen-bond acceptors (Lipinski definition) is 6. The number of carbonyl (C=O) groups is 2. The van der Waals surface area contributed by atoms with Gasteiger partial charge in [-0.1, -0.05) is 17.7 Å². The van der Waals surface area contributed by atoms with Gasteiger partial charge in [-0.25, -0.2) is 4.98 Å². The van der Waals surface area contributed by atoms with E-state index in [1.807, 2.05) is 28.9 Å². The van der Waals surface area contributed by atoms with Gasteiger partial charge in [-0.2, -0.15) is 0 Å². The van der Waals surface area contributed by atoms with Crippen LogP contribution in [0.3, 0.4) is 0 Å². The van der Waals surface area contributed by atoms with Gasteiger partial charge in [0.25, 0.3) is 5.91 Å². The van der Waals surface area contributed by atoms with E-state index in [4.69, 9.17) is 21.1 Å². The zero-order valence-corrected chi connectivity index (χ0v) is 19.8. The van der Waals surface area contributed by atoms with Crippen LogP contribution in [-0.2, 0) is 9.53 Å². The summed E-state index contributed by atoms with van der Waals surface area (Å²) >= 11 is 7.48. The Balaban J connectivity index is 1.53. The van der Waals surface area contributed by atoms with Gasteiger partial charge in [0.1, 0.15) is 10.6 Å². The lowest BCUT2D eigenvalue weighted by molar-refractivity contribution is -0.139. The summed E-state index contributed by atoms with van der Waals surface area (Å²) < 4.78 is 11.5. The number of amides is 2. The fourth-order valence-electron chi connectivity index (χ4n) is 4.38. The molecule has 0 saturated carbocycles. The van der Waals surface area contributed by atoms with Crippen molar-refractivity contribution in [1.29, 1.82) is 0 Å². The molecule has 0 unspecified atom stereocenters. The fourth-order valence-corrected chi connectivity index (χ4v) is 5.33. The molecule has 2 amide bonds. The predicted octanol–water partition coefficient (Wildman–Crippen LogP) is 3.66. The van der Waals surface area contributed by atoms with E-state index in [0.717, 1.165) is 18.5 Å². The molecule has 2 aliphatic rings. The van der Waals surface area contributed by atoms with Gasteiger partial charge in [0.05, 0.1) is 31.0 Å². The first-order chi connectivity index (χ1) is 15.5. The van der Waals surface area contributed by atoms with Gasteiger partial charge in [0.15, 0.2) is 0 Å². The van der Waals surface area contributed by atoms with Gasteiger partial charge in [0.2, 0.25) is 5.91 Å². The van der Waals surface area contributed by atoms with E-state index >= 15 is 0 Å². The van der Waals surface area contributed by atoms with Gasteiger partial charge in [-0.05, 0) is 38.0 Å². The zero-order valence-electron chi connectivity index (χ0n) is 18.2. The number of halogens is 1. The van der Waals surface area contributed by atoms with E-state index < -0.39 is 5.41 Å². The molecule has 7 nitrogen and oxygen atoms in total. The molecule has 0 bridgehead atoms. The van der Waals surface area contributed by atoms with Crippen LogP contribution < -0.4 is 4.74 Å². The van der Waals surface area contributed by atoms with E-state index in [-0.39, 0.29) is 11.8 Å². The Morgan fingerprint density at radius 1 is 1.25 bits per heavy atom. The first kappa shape index (κ1) is 23.0. The Kier molecular flexibility index (Phi) is 7.33. The molecule has 0 radical (unpaired) electrons. The predicted molar refractivity (Wildman–Crippen MR) is 123 cm³/mol. The average molecular weight is 478 g/mol. The number of morpholine rings is 1. The van der Waals surface area contributed by atoms with Gasteiger partial charge in [-0.3, -0.25) is 9.59 Å². The lowest BCUT2D eigenvalue weighted by atomic mass is 9.77. The number of ether oxygens (including phenoxy) is 2. The summed E-state index contributed by atoms with van der Waals surface area (Å²) in [6, 6.07) is 7.26. The average Bonchev–Trinajstić information content (AvgIpc) is 3.24. The van der Waals surface area contributed by atoms with Crippen LogP contribution in [0.5, 0.6) is 5.75 Å². The number of thiazole rings is 1. The first-order valence-corrected chi connectivity index (χ1v) is 12.1. The minimum Gasteiger partial charge on any atom is -0.493 e. The smallest absolute Gasteiger partial charge is 0.265 e. The second-order valence-electron chi connectivity index (χ2n) is 8.51. The third kappa shape index (κ3) is 5.42. The highest BCUT2D eigenvalue weighted by Crippen LogP contribution is 2.36. The number of benzene rings is 1. The molecule has 3 heterocycles. The molecule has 2 saturated heterocycles. The molecular weight excluding hydrogens is 450 g/mol. The van der Waals surface area contributed by atoms with Crippen LogP contribution in [0.4, 0.5) is 0 Å². The van der Waals surface area contributed by atoms with Gasteiger partial charge in [-0.15, -0.1) is 11.3 Å². The highest BCUT2D eigenvalue weighted by Gasteiger charge is 2.41. The molecule has 2 aliphatic heterocycles. The minimum absolute atomic E-state index is 0.0179. The Labute approximate surface area is 197 Å². The third-order valence-corrected chi connectivity index (χ3v) is 7.27. The van der Waals surface area contributed by atoms with Gasteiger partial charge >= 0.3 is 0 Å². The van der Waals surface area contributed by atoms with Crippen molar-refractivity contribution in [2.45, 2.75) is 26.2 Å². The van der Waals surface area contributed by atoms with Crippen molar-refractivity contribution in [2.24, 2.45) is 5.41 Å². The van der Waals surface area contributed by atoms with Gasteiger partial charge in [0, 0.05) is 43.0 Å². The Morgan fingerprint density at radius 3 is 2.78 bits per heavy atom. The Bertz CT molecular complexity index is 962. The molecule has 32 heavy (non-hydrogen) atoms. The summed E-state index contributed by atoms with van der Waals surface area (Å²) in [5.41, 5.74) is 1.98. The molecule has 0 N–H and O–H groups in total. The third-order valence-electron chi connectivity index (χ3n) is 6.12. The van der Waals surface area contributed by atoms with E-state index in [0.29, 0.717) is 68.1 Å². The van der Waals surface area contributed by atoms with Crippen molar-refractivity contribution >= 4 is 34.8 Å². The molecule has 1 atom stereocenters. The standard InChI is InChI=1S/C23H28ClN3O4S/c1-17-21(32-16-25-17)22(29)27-7-3-6-23(14-27,13-20(28)26-8-10-30-11-9-26)15-31-19-5-2-4-18(24)12-19/h2,4-5,12,16H,3,6-11,13-15H2,1H3/t23-/m0/s1. The summed E-state index contributed by atoms with van der Waals surface area (Å²) in [7, 11) is 0. The first-order valence-electron chi connectivity index (χ1n) is 10.9. The van der Waals surface area contributed by atoms with Crippen LogP contribution in [0.25, 0.3) is 0 Å². The van der Waals surface area contributed by atoms with Crippen molar-refractivity contribution in [3.63, 3.8) is 0 Å². The summed E-state index contributed by atoms with van der Waals surface area (Å²) in [4.78, 5) is 35.0. The topological polar surface area (TPSA) is 72.0 Å². The van der Waals surface area contributed by atoms with E-state index in [1.165, 1.54) is 11.3 Å². The van der Waals surface area contributed by atoms with E-state index in [2.05, 4.69) is 4.98 Å². The summed E-state index contributed by atoms with van der Waals surface area (Å²) in [6.07, 6.45) is 1.97. The number of nitrogens with zero attached hydrogens (tertiary/aromatic N) is 3. The lowest BCUT2D eigenvalue weighted by Crippen LogP contribution is -2.52. The number of piperidine rings is 1. The fraction of sp³-hybridized carbons (Fsp3) is 0.522. The number of likely N-dealkylation sites (tertiary alicyclic amines) is 1. The van der Waals surface area contributed by atoms with Crippen LogP contribution in [0, 0.1) is 12.3 Å². The zero-order chi connectivity index (χ0) is 22.6. The lowest BCUT2D eigenvalue weighted by Gasteiger charge is -2.43. The number of carbonyl (C=O) groups excluding carboxylic acids is 2. The van der Waals surface area contributed by atoms with E-state index in [9.17, 15) is 9.59 Å². The van der Waals surface area contributed by atoms with Crippen LogP contribution in [0.2, 0.25) is 5.02 Å². The molecule has 9 heteroatoms. The van der Waals surface area contributed by atoms with Crippen molar-refractivity contribution in [1.82, 2.24) is 14.8 Å². The molecule has 2 fully saturated rings. The maximum atomic E-state index is 13.2. The summed E-state index contributed by atoms with van der Waals surface area (Å²) in [5.74, 6) is 0.736. The van der Waals surface area contributed by atoms with Crippen molar-refractivity contribution in [3.05, 3.63) is 45.4 Å². The largest absolute Gasteiger partial charge is 0.493 e. The quantitative estimate of drug-likeness (QED) is 0.635. The van der Waals surface area contributed by atoms with Crippen LogP contribution in [0.1, 0.15) is 34.6 Å². The molecular formula is C23H28ClN3O4S. The number of aromatic nitrogens is 1. The molecule has 4 rings (SSSR count). The van der Waals surface area contributed by atoms with Crippen LogP contribution in [0.15, 0.2) is 29.8 Å². The molecule has 0 spiro atoms. The highest BCUT2D eigenvalue weighted by atomic mass is 35.5. The normalized spacial score (nSPS) is 21.4. The molecule has 0 aliphatic carbocycles. The summed E-state index contributed by atoms with van der Waals surface area (Å²) in [5, 5.41) is 0.599.